The van der Waals surface area contributed by atoms with Crippen molar-refractivity contribution in [3.05, 3.63) is 12.2 Å². The summed E-state index contributed by atoms with van der Waals surface area (Å²) in [5.74, 6) is -0.555. The molecule has 1 unspecified atom stereocenters. The van der Waals surface area contributed by atoms with Crippen molar-refractivity contribution in [1.82, 2.24) is 4.90 Å². The molecule has 0 N–H and O–H groups in total. The van der Waals surface area contributed by atoms with Gasteiger partial charge in [0.2, 0.25) is 0 Å². The highest BCUT2D eigenvalue weighted by Crippen LogP contribution is 2.34. The minimum Gasteiger partial charge on any atom is -0.375 e. The summed E-state index contributed by atoms with van der Waals surface area (Å²) in [7, 11) is 0. The lowest BCUT2D eigenvalue weighted by Crippen LogP contribution is -2.48. The fraction of sp³-hybridized carbons (Fsp3) is 0.778. The van der Waals surface area contributed by atoms with Gasteiger partial charge in [-0.15, -0.1) is 0 Å². The number of hydrogen-bond donors (Lipinski definition) is 0. The van der Waals surface area contributed by atoms with Crippen molar-refractivity contribution >= 4 is 11.8 Å². The summed E-state index contributed by atoms with van der Waals surface area (Å²) in [6.07, 6.45) is 5.11. The lowest BCUT2D eigenvalue weighted by molar-refractivity contribution is -0.146. The predicted molar refractivity (Wildman–Crippen MR) is 89.5 cm³/mol. The van der Waals surface area contributed by atoms with Gasteiger partial charge in [0.1, 0.15) is 12.2 Å². The van der Waals surface area contributed by atoms with Gasteiger partial charge in [-0.1, -0.05) is 20.8 Å². The van der Waals surface area contributed by atoms with Crippen molar-refractivity contribution in [2.24, 2.45) is 0 Å². The van der Waals surface area contributed by atoms with Crippen LogP contribution in [0.25, 0.3) is 0 Å². The molecule has 0 aromatic rings. The summed E-state index contributed by atoms with van der Waals surface area (Å²) in [6.45, 7) is 7.94. The number of carbonyl (C=O) groups is 2. The molecule has 0 radical (unpaired) electrons. The van der Waals surface area contributed by atoms with Crippen LogP contribution in [0.15, 0.2) is 12.2 Å². The fourth-order valence-corrected chi connectivity index (χ4v) is 3.28. The number of nitrogens with zero attached hydrogens (tertiary/aromatic N) is 1. The van der Waals surface area contributed by atoms with Gasteiger partial charge in [-0.05, 0) is 25.7 Å². The molecule has 6 nitrogen and oxygen atoms in total. The van der Waals surface area contributed by atoms with Crippen LogP contribution < -0.4 is 0 Å². The molecule has 1 heterocycles. The third kappa shape index (κ3) is 4.23. The molecule has 1 fully saturated rings. The summed E-state index contributed by atoms with van der Waals surface area (Å²) in [4.78, 5) is 25.5. The van der Waals surface area contributed by atoms with E-state index in [4.69, 9.17) is 14.2 Å². The SMILES string of the molecule is CCCOC1C[C@H](N2C(=O)C=CC2=O)[C@H](OCCC)[C@H]1OCCC. The lowest BCUT2D eigenvalue weighted by atomic mass is 10.1. The van der Waals surface area contributed by atoms with E-state index in [0.29, 0.717) is 26.2 Å². The van der Waals surface area contributed by atoms with E-state index >= 15 is 0 Å². The van der Waals surface area contributed by atoms with Gasteiger partial charge in [-0.3, -0.25) is 14.5 Å². The first kappa shape index (κ1) is 19.1. The van der Waals surface area contributed by atoms with Gasteiger partial charge >= 0.3 is 0 Å². The molecule has 6 heteroatoms. The Labute approximate surface area is 144 Å². The van der Waals surface area contributed by atoms with Crippen LogP contribution >= 0.6 is 0 Å². The normalized spacial score (nSPS) is 29.9. The Bertz CT molecular complexity index is 446. The van der Waals surface area contributed by atoms with E-state index in [0.717, 1.165) is 19.3 Å². The largest absolute Gasteiger partial charge is 0.375 e. The molecule has 0 aromatic carbocycles. The summed E-state index contributed by atoms with van der Waals surface area (Å²) in [5, 5.41) is 0. The molecule has 0 aromatic heterocycles. The number of imide groups is 1. The smallest absolute Gasteiger partial charge is 0.253 e. The number of carbonyl (C=O) groups excluding carboxylic acids is 2. The van der Waals surface area contributed by atoms with Gasteiger partial charge in [0.05, 0.1) is 12.1 Å². The van der Waals surface area contributed by atoms with Crippen LogP contribution in [0, 0.1) is 0 Å². The molecular weight excluding hydrogens is 310 g/mol. The van der Waals surface area contributed by atoms with Crippen molar-refractivity contribution in [3.8, 4) is 0 Å². The monoisotopic (exact) mass is 339 g/mol. The third-order valence-corrected chi connectivity index (χ3v) is 4.28. The first-order valence-electron chi connectivity index (χ1n) is 9.04. The highest BCUT2D eigenvalue weighted by molar-refractivity contribution is 6.13. The average Bonchev–Trinajstić information content (AvgIpc) is 3.08. The second-order valence-corrected chi connectivity index (χ2v) is 6.26. The third-order valence-electron chi connectivity index (χ3n) is 4.28. The van der Waals surface area contributed by atoms with Gasteiger partial charge < -0.3 is 14.2 Å². The molecule has 1 aliphatic carbocycles. The Morgan fingerprint density at radius 2 is 1.38 bits per heavy atom. The van der Waals surface area contributed by atoms with Crippen molar-refractivity contribution in [1.29, 1.82) is 0 Å². The minimum atomic E-state index is -0.342. The second-order valence-electron chi connectivity index (χ2n) is 6.26. The van der Waals surface area contributed by atoms with Gasteiger partial charge in [-0.25, -0.2) is 0 Å². The average molecular weight is 339 g/mol. The van der Waals surface area contributed by atoms with Crippen molar-refractivity contribution in [3.63, 3.8) is 0 Å². The quantitative estimate of drug-likeness (QED) is 0.570. The van der Waals surface area contributed by atoms with Gasteiger partial charge in [0, 0.05) is 32.0 Å². The molecule has 4 atom stereocenters. The van der Waals surface area contributed by atoms with Crippen LogP contribution in [0.5, 0.6) is 0 Å². The number of ether oxygens (including phenoxy) is 3. The van der Waals surface area contributed by atoms with E-state index in [2.05, 4.69) is 6.92 Å². The first-order chi connectivity index (χ1) is 11.6. The molecule has 1 saturated carbocycles. The van der Waals surface area contributed by atoms with E-state index in [1.807, 2.05) is 13.8 Å². The first-order valence-corrected chi connectivity index (χ1v) is 9.04. The molecule has 136 valence electrons. The summed E-state index contributed by atoms with van der Waals surface area (Å²) >= 11 is 0. The molecular formula is C18H29NO5. The van der Waals surface area contributed by atoms with E-state index in [9.17, 15) is 9.59 Å². The molecule has 2 aliphatic rings. The zero-order chi connectivity index (χ0) is 17.5. The predicted octanol–water partition coefficient (Wildman–Crippen LogP) is 2.07. The Morgan fingerprint density at radius 3 is 1.92 bits per heavy atom. The standard InChI is InChI=1S/C18H29NO5/c1-4-9-22-14-12-13(19-15(20)7-8-16(19)21)17(23-10-5-2)18(14)24-11-6-3/h7-8,13-14,17-18H,4-6,9-12H2,1-3H3/t13-,14?,17-,18-/m0/s1. The summed E-state index contributed by atoms with van der Waals surface area (Å²) in [5.41, 5.74) is 0. The van der Waals surface area contributed by atoms with Crippen LogP contribution in [0.4, 0.5) is 0 Å². The topological polar surface area (TPSA) is 65.1 Å². The lowest BCUT2D eigenvalue weighted by Gasteiger charge is -2.30. The Kier molecular flexibility index (Phi) is 7.40. The molecule has 0 saturated heterocycles. The highest BCUT2D eigenvalue weighted by atomic mass is 16.6. The maximum atomic E-state index is 12.1. The van der Waals surface area contributed by atoms with E-state index < -0.39 is 0 Å². The zero-order valence-corrected chi connectivity index (χ0v) is 14.9. The van der Waals surface area contributed by atoms with Gasteiger partial charge in [0.15, 0.2) is 0 Å². The van der Waals surface area contributed by atoms with Gasteiger partial charge in [0.25, 0.3) is 11.8 Å². The highest BCUT2D eigenvalue weighted by Gasteiger charge is 2.51. The Balaban J connectivity index is 2.19. The maximum Gasteiger partial charge on any atom is 0.253 e. The van der Waals surface area contributed by atoms with E-state index in [-0.39, 0.29) is 36.2 Å². The summed E-state index contributed by atoms with van der Waals surface area (Å²) < 4.78 is 18.0. The van der Waals surface area contributed by atoms with E-state index in [1.165, 1.54) is 17.1 Å². The van der Waals surface area contributed by atoms with E-state index in [1.54, 1.807) is 0 Å². The van der Waals surface area contributed by atoms with Crippen LogP contribution in [0.1, 0.15) is 46.5 Å². The number of amides is 2. The Morgan fingerprint density at radius 1 is 0.875 bits per heavy atom. The molecule has 2 amide bonds. The molecule has 2 rings (SSSR count). The number of rotatable bonds is 10. The fourth-order valence-electron chi connectivity index (χ4n) is 3.28. The molecule has 0 spiro atoms. The van der Waals surface area contributed by atoms with Crippen LogP contribution in [-0.4, -0.2) is 60.9 Å². The Hall–Kier alpha value is -1.24. The minimum absolute atomic E-state index is 0.162. The van der Waals surface area contributed by atoms with Crippen LogP contribution in [0.3, 0.4) is 0 Å². The van der Waals surface area contributed by atoms with Crippen LogP contribution in [0.2, 0.25) is 0 Å². The van der Waals surface area contributed by atoms with Crippen molar-refractivity contribution in [2.45, 2.75) is 70.8 Å². The summed E-state index contributed by atoms with van der Waals surface area (Å²) in [6, 6.07) is -0.338. The van der Waals surface area contributed by atoms with Crippen molar-refractivity contribution in [2.75, 3.05) is 19.8 Å². The van der Waals surface area contributed by atoms with Crippen molar-refractivity contribution < 1.29 is 23.8 Å². The molecule has 24 heavy (non-hydrogen) atoms. The maximum absolute atomic E-state index is 12.1. The second kappa shape index (κ2) is 9.30. The molecule has 1 aliphatic heterocycles. The van der Waals surface area contributed by atoms with Crippen LogP contribution in [-0.2, 0) is 23.8 Å². The molecule has 0 bridgehead atoms. The van der Waals surface area contributed by atoms with Gasteiger partial charge in [-0.2, -0.15) is 0 Å². The zero-order valence-electron chi connectivity index (χ0n) is 14.9. The number of hydrogen-bond acceptors (Lipinski definition) is 5.